The Morgan fingerprint density at radius 2 is 2.17 bits per heavy atom. The fourth-order valence-corrected chi connectivity index (χ4v) is 2.36. The van der Waals surface area contributed by atoms with Crippen LogP contribution in [-0.2, 0) is 12.8 Å². The molecule has 0 aliphatic rings. The predicted molar refractivity (Wildman–Crippen MR) is 74.7 cm³/mol. The highest BCUT2D eigenvalue weighted by atomic mass is 32.1. The van der Waals surface area contributed by atoms with Gasteiger partial charge in [0, 0.05) is 30.1 Å². The number of nitrogen functional groups attached to an aromatic ring is 1. The Labute approximate surface area is 111 Å². The lowest BCUT2D eigenvalue weighted by Gasteiger charge is -2.11. The van der Waals surface area contributed by atoms with Crippen LogP contribution in [0.5, 0.6) is 0 Å². The van der Waals surface area contributed by atoms with Gasteiger partial charge in [-0.1, -0.05) is 13.3 Å². The van der Waals surface area contributed by atoms with Crippen molar-refractivity contribution in [1.29, 1.82) is 0 Å². The molecule has 0 saturated carbocycles. The normalized spacial score (nSPS) is 10.5. The van der Waals surface area contributed by atoms with Crippen molar-refractivity contribution >= 4 is 23.0 Å². The number of anilines is 2. The molecule has 0 saturated heterocycles. The van der Waals surface area contributed by atoms with Crippen molar-refractivity contribution in [3.8, 4) is 0 Å². The Morgan fingerprint density at radius 3 is 2.89 bits per heavy atom. The Kier molecular flexibility index (Phi) is 4.46. The van der Waals surface area contributed by atoms with Gasteiger partial charge in [0.05, 0.1) is 5.01 Å². The molecule has 0 bridgehead atoms. The lowest BCUT2D eigenvalue weighted by atomic mass is 10.1. The molecule has 2 heterocycles. The number of nitrogens with one attached hydrogen (secondary N) is 1. The average molecular weight is 263 g/mol. The van der Waals surface area contributed by atoms with Crippen LogP contribution in [-0.4, -0.2) is 21.5 Å². The van der Waals surface area contributed by atoms with E-state index in [1.807, 2.05) is 11.6 Å². The summed E-state index contributed by atoms with van der Waals surface area (Å²) in [7, 11) is 0. The standard InChI is InChI=1S/C12H17N5S/c1-2-3-9-11(13)16-8-17-12(9)15-5-4-10-14-6-7-18-10/h6-8H,2-5H2,1H3,(H3,13,15,16,17). The monoisotopic (exact) mass is 263 g/mol. The summed E-state index contributed by atoms with van der Waals surface area (Å²) < 4.78 is 0. The van der Waals surface area contributed by atoms with Gasteiger partial charge < -0.3 is 11.1 Å². The third-order valence-electron chi connectivity index (χ3n) is 2.59. The van der Waals surface area contributed by atoms with Crippen molar-refractivity contribution in [3.05, 3.63) is 28.5 Å². The van der Waals surface area contributed by atoms with E-state index in [9.17, 15) is 0 Å². The fraction of sp³-hybridized carbons (Fsp3) is 0.417. The second-order valence-electron chi connectivity index (χ2n) is 3.94. The molecule has 0 aliphatic carbocycles. The molecule has 0 spiro atoms. The molecule has 0 fully saturated rings. The van der Waals surface area contributed by atoms with Gasteiger partial charge in [-0.05, 0) is 6.42 Å². The minimum atomic E-state index is 0.573. The van der Waals surface area contributed by atoms with Crippen LogP contribution in [0.4, 0.5) is 11.6 Å². The highest BCUT2D eigenvalue weighted by Gasteiger charge is 2.07. The second kappa shape index (κ2) is 6.30. The highest BCUT2D eigenvalue weighted by Crippen LogP contribution is 2.19. The summed E-state index contributed by atoms with van der Waals surface area (Å²) in [6, 6.07) is 0. The lowest BCUT2D eigenvalue weighted by Crippen LogP contribution is -2.11. The van der Waals surface area contributed by atoms with Gasteiger partial charge in [0.15, 0.2) is 0 Å². The number of nitrogens with two attached hydrogens (primary N) is 1. The smallest absolute Gasteiger partial charge is 0.134 e. The summed E-state index contributed by atoms with van der Waals surface area (Å²) in [5.41, 5.74) is 6.89. The minimum absolute atomic E-state index is 0.573. The molecule has 18 heavy (non-hydrogen) atoms. The summed E-state index contributed by atoms with van der Waals surface area (Å²) in [4.78, 5) is 12.5. The minimum Gasteiger partial charge on any atom is -0.383 e. The van der Waals surface area contributed by atoms with Crippen LogP contribution in [0.15, 0.2) is 17.9 Å². The molecule has 0 aromatic carbocycles. The fourth-order valence-electron chi connectivity index (χ4n) is 1.74. The Morgan fingerprint density at radius 1 is 1.28 bits per heavy atom. The number of hydrogen-bond donors (Lipinski definition) is 2. The van der Waals surface area contributed by atoms with Crippen molar-refractivity contribution in [2.45, 2.75) is 26.2 Å². The van der Waals surface area contributed by atoms with Crippen molar-refractivity contribution in [3.63, 3.8) is 0 Å². The molecule has 2 rings (SSSR count). The summed E-state index contributed by atoms with van der Waals surface area (Å²) in [5.74, 6) is 1.42. The average Bonchev–Trinajstić information content (AvgIpc) is 2.86. The van der Waals surface area contributed by atoms with Crippen LogP contribution in [0.3, 0.4) is 0 Å². The van der Waals surface area contributed by atoms with Crippen LogP contribution >= 0.6 is 11.3 Å². The summed E-state index contributed by atoms with van der Waals surface area (Å²) >= 11 is 1.67. The SMILES string of the molecule is CCCc1c(N)ncnc1NCCc1nccs1. The van der Waals surface area contributed by atoms with Gasteiger partial charge in [0.1, 0.15) is 18.0 Å². The van der Waals surface area contributed by atoms with Gasteiger partial charge in [-0.25, -0.2) is 15.0 Å². The zero-order valence-corrected chi connectivity index (χ0v) is 11.2. The number of thiazole rings is 1. The zero-order valence-electron chi connectivity index (χ0n) is 10.4. The quantitative estimate of drug-likeness (QED) is 0.835. The predicted octanol–water partition coefficient (Wildman–Crippen LogP) is 2.12. The third-order valence-corrected chi connectivity index (χ3v) is 3.43. The molecule has 3 N–H and O–H groups in total. The molecule has 96 valence electrons. The van der Waals surface area contributed by atoms with E-state index >= 15 is 0 Å². The largest absolute Gasteiger partial charge is 0.383 e. The second-order valence-corrected chi connectivity index (χ2v) is 4.92. The Bertz CT molecular complexity index is 483. The molecule has 0 unspecified atom stereocenters. The van der Waals surface area contributed by atoms with E-state index in [-0.39, 0.29) is 0 Å². The highest BCUT2D eigenvalue weighted by molar-refractivity contribution is 7.09. The first-order valence-corrected chi connectivity index (χ1v) is 6.90. The van der Waals surface area contributed by atoms with Gasteiger partial charge in [-0.15, -0.1) is 11.3 Å². The van der Waals surface area contributed by atoms with Crippen molar-refractivity contribution in [2.24, 2.45) is 0 Å². The van der Waals surface area contributed by atoms with E-state index in [0.717, 1.165) is 42.2 Å². The summed E-state index contributed by atoms with van der Waals surface area (Å²) in [6.07, 6.45) is 6.14. The Balaban J connectivity index is 1.98. The molecule has 0 amide bonds. The van der Waals surface area contributed by atoms with Crippen molar-refractivity contribution in [2.75, 3.05) is 17.6 Å². The van der Waals surface area contributed by atoms with E-state index in [2.05, 4.69) is 27.2 Å². The van der Waals surface area contributed by atoms with Crippen molar-refractivity contribution in [1.82, 2.24) is 15.0 Å². The van der Waals surface area contributed by atoms with E-state index < -0.39 is 0 Å². The zero-order chi connectivity index (χ0) is 12.8. The first-order valence-electron chi connectivity index (χ1n) is 6.03. The number of hydrogen-bond acceptors (Lipinski definition) is 6. The van der Waals surface area contributed by atoms with E-state index in [4.69, 9.17) is 5.73 Å². The molecule has 0 aliphatic heterocycles. The topological polar surface area (TPSA) is 76.7 Å². The maximum Gasteiger partial charge on any atom is 0.134 e. The molecule has 5 nitrogen and oxygen atoms in total. The maximum absolute atomic E-state index is 5.87. The lowest BCUT2D eigenvalue weighted by molar-refractivity contribution is 0.896. The number of nitrogens with zero attached hydrogens (tertiary/aromatic N) is 3. The first-order chi connectivity index (χ1) is 8.81. The number of rotatable bonds is 6. The first kappa shape index (κ1) is 12.8. The van der Waals surface area contributed by atoms with Crippen LogP contribution < -0.4 is 11.1 Å². The van der Waals surface area contributed by atoms with Crippen LogP contribution in [0.1, 0.15) is 23.9 Å². The maximum atomic E-state index is 5.87. The van der Waals surface area contributed by atoms with Crippen LogP contribution in [0.25, 0.3) is 0 Å². The van der Waals surface area contributed by atoms with Crippen LogP contribution in [0.2, 0.25) is 0 Å². The summed E-state index contributed by atoms with van der Waals surface area (Å²) in [5, 5.41) is 6.43. The summed E-state index contributed by atoms with van der Waals surface area (Å²) in [6.45, 7) is 2.92. The van der Waals surface area contributed by atoms with Crippen LogP contribution in [0, 0.1) is 0 Å². The molecular weight excluding hydrogens is 246 g/mol. The molecule has 6 heteroatoms. The van der Waals surface area contributed by atoms with Gasteiger partial charge in [0.2, 0.25) is 0 Å². The van der Waals surface area contributed by atoms with Gasteiger partial charge in [0.25, 0.3) is 0 Å². The van der Waals surface area contributed by atoms with E-state index in [1.165, 1.54) is 6.33 Å². The molecule has 2 aromatic rings. The van der Waals surface area contributed by atoms with Crippen molar-refractivity contribution < 1.29 is 0 Å². The Hall–Kier alpha value is -1.69. The van der Waals surface area contributed by atoms with Gasteiger partial charge in [-0.2, -0.15) is 0 Å². The van der Waals surface area contributed by atoms with Gasteiger partial charge in [-0.3, -0.25) is 0 Å². The molecular formula is C12H17N5S. The van der Waals surface area contributed by atoms with E-state index in [0.29, 0.717) is 5.82 Å². The van der Waals surface area contributed by atoms with Gasteiger partial charge >= 0.3 is 0 Å². The molecule has 0 atom stereocenters. The van der Waals surface area contributed by atoms with E-state index in [1.54, 1.807) is 11.3 Å². The molecule has 2 aromatic heterocycles. The third kappa shape index (κ3) is 3.16. The molecule has 0 radical (unpaired) electrons. The number of aromatic nitrogens is 3.